The maximum absolute atomic E-state index is 11.4. The predicted octanol–water partition coefficient (Wildman–Crippen LogP) is 1.32. The number of hydrogen-bond donors (Lipinski definition) is 0. The summed E-state index contributed by atoms with van der Waals surface area (Å²) in [6, 6.07) is 6.02. The third-order valence-corrected chi connectivity index (χ3v) is 1.60. The van der Waals surface area contributed by atoms with Crippen LogP contribution in [0.25, 0.3) is 0 Å². The molecule has 0 amide bonds. The Morgan fingerprint density at radius 3 is 2.44 bits per heavy atom. The van der Waals surface area contributed by atoms with E-state index in [4.69, 9.17) is 4.74 Å². The Bertz CT molecular complexity index is 436. The number of carbonyl (C=O) groups is 3. The van der Waals surface area contributed by atoms with E-state index in [1.165, 1.54) is 19.1 Å². The van der Waals surface area contributed by atoms with Gasteiger partial charge in [-0.15, -0.1) is 0 Å². The van der Waals surface area contributed by atoms with Gasteiger partial charge >= 0.3 is 17.9 Å². The lowest BCUT2D eigenvalue weighted by Crippen LogP contribution is -2.12. The van der Waals surface area contributed by atoms with Crippen LogP contribution in [-0.4, -0.2) is 17.9 Å². The van der Waals surface area contributed by atoms with Gasteiger partial charge in [-0.2, -0.15) is 0 Å². The van der Waals surface area contributed by atoms with Crippen LogP contribution in [0.5, 0.6) is 5.75 Å². The molecule has 0 unspecified atom stereocenters. The smallest absolute Gasteiger partial charge is 0.349 e. The first-order valence-electron chi connectivity index (χ1n) is 4.51. The van der Waals surface area contributed by atoms with E-state index in [1.54, 1.807) is 12.1 Å². The van der Waals surface area contributed by atoms with Crippen molar-refractivity contribution in [1.29, 1.82) is 0 Å². The number of rotatable bonds is 2. The fraction of sp³-hybridized carbons (Fsp3) is 0.182. The van der Waals surface area contributed by atoms with Gasteiger partial charge in [-0.1, -0.05) is 12.1 Å². The van der Waals surface area contributed by atoms with Crippen molar-refractivity contribution in [3.05, 3.63) is 29.8 Å². The van der Waals surface area contributed by atoms with Crippen LogP contribution in [0.2, 0.25) is 0 Å². The van der Waals surface area contributed by atoms with Crippen LogP contribution >= 0.6 is 0 Å². The standard InChI is InChI=1S/C11H10O5/c1-7(12)15-10-6-4-3-5-9(10)11(14)16-8(2)13/h3-6H,1-2H3/i8+2. The summed E-state index contributed by atoms with van der Waals surface area (Å²) in [6.45, 7) is 2.33. The van der Waals surface area contributed by atoms with Crippen LogP contribution in [-0.2, 0) is 14.3 Å². The molecular weight excluding hydrogens is 214 g/mol. The summed E-state index contributed by atoms with van der Waals surface area (Å²) in [5, 5.41) is 0. The number of carbonyl (C=O) groups excluding carboxylic acids is 3. The van der Waals surface area contributed by atoms with E-state index < -0.39 is 17.9 Å². The first kappa shape index (κ1) is 11.9. The normalized spacial score (nSPS) is 9.38. The molecule has 0 saturated carbocycles. The molecule has 0 bridgehead atoms. The van der Waals surface area contributed by atoms with Crippen molar-refractivity contribution >= 4 is 17.9 Å². The highest BCUT2D eigenvalue weighted by Crippen LogP contribution is 2.19. The molecule has 1 rings (SSSR count). The maximum Gasteiger partial charge on any atom is 0.349 e. The molecule has 0 spiro atoms. The van der Waals surface area contributed by atoms with Gasteiger partial charge in [0.25, 0.3) is 0 Å². The Labute approximate surface area is 92.0 Å². The van der Waals surface area contributed by atoms with E-state index >= 15 is 0 Å². The lowest BCUT2D eigenvalue weighted by molar-refractivity contribution is -0.135. The minimum atomic E-state index is -0.843. The van der Waals surface area contributed by atoms with Crippen molar-refractivity contribution in [2.45, 2.75) is 13.8 Å². The molecule has 5 heteroatoms. The molecule has 16 heavy (non-hydrogen) atoms. The van der Waals surface area contributed by atoms with E-state index in [0.29, 0.717) is 0 Å². The number of para-hydroxylation sites is 1. The van der Waals surface area contributed by atoms with E-state index in [1.807, 2.05) is 0 Å². The topological polar surface area (TPSA) is 69.7 Å². The quantitative estimate of drug-likeness (QED) is 0.430. The second-order valence-corrected chi connectivity index (χ2v) is 2.97. The highest BCUT2D eigenvalue weighted by molar-refractivity contribution is 5.98. The number of esters is 3. The third-order valence-electron chi connectivity index (χ3n) is 1.60. The van der Waals surface area contributed by atoms with Crippen molar-refractivity contribution in [3.63, 3.8) is 0 Å². The fourth-order valence-electron chi connectivity index (χ4n) is 1.06. The largest absolute Gasteiger partial charge is 0.426 e. The first-order valence-corrected chi connectivity index (χ1v) is 4.51. The number of benzene rings is 1. The Balaban J connectivity index is 2.98. The summed E-state index contributed by atoms with van der Waals surface area (Å²) in [5.41, 5.74) is 0.0351. The average Bonchev–Trinajstić information content (AvgIpc) is 2.16. The number of hydrogen-bond acceptors (Lipinski definition) is 5. The first-order chi connectivity index (χ1) is 7.50. The van der Waals surface area contributed by atoms with Gasteiger partial charge in [0.15, 0.2) is 0 Å². The molecule has 0 radical (unpaired) electrons. The molecule has 0 atom stereocenters. The molecule has 0 heterocycles. The molecule has 0 fully saturated rings. The summed E-state index contributed by atoms with van der Waals surface area (Å²) in [5.74, 6) is -2.05. The van der Waals surface area contributed by atoms with Crippen LogP contribution in [0, 0.1) is 0 Å². The van der Waals surface area contributed by atoms with Gasteiger partial charge in [-0.25, -0.2) is 4.79 Å². The minimum absolute atomic E-state index is 0.0351. The van der Waals surface area contributed by atoms with Gasteiger partial charge in [0.2, 0.25) is 0 Å². The molecule has 0 N–H and O–H groups in total. The zero-order valence-electron chi connectivity index (χ0n) is 8.85. The molecular formula is C11H10O5. The minimum Gasteiger partial charge on any atom is -0.426 e. The SMILES string of the molecule is CC(=O)Oc1ccccc1C(=O)O[14C](C)=O. The summed E-state index contributed by atoms with van der Waals surface area (Å²) in [6.07, 6.45) is 0. The lowest BCUT2D eigenvalue weighted by Gasteiger charge is -2.06. The van der Waals surface area contributed by atoms with Gasteiger partial charge in [-0.05, 0) is 12.1 Å². The summed E-state index contributed by atoms with van der Waals surface area (Å²) in [7, 11) is 0. The lowest BCUT2D eigenvalue weighted by atomic mass is 10.2. The van der Waals surface area contributed by atoms with Crippen LogP contribution in [0.4, 0.5) is 0 Å². The van der Waals surface area contributed by atoms with Crippen molar-refractivity contribution in [1.82, 2.24) is 0 Å². The van der Waals surface area contributed by atoms with E-state index in [9.17, 15) is 14.4 Å². The van der Waals surface area contributed by atoms with Crippen LogP contribution in [0.1, 0.15) is 24.2 Å². The highest BCUT2D eigenvalue weighted by Gasteiger charge is 2.16. The van der Waals surface area contributed by atoms with Crippen molar-refractivity contribution < 1.29 is 23.9 Å². The van der Waals surface area contributed by atoms with E-state index in [2.05, 4.69) is 4.74 Å². The summed E-state index contributed by atoms with van der Waals surface area (Å²) in [4.78, 5) is 32.8. The summed E-state index contributed by atoms with van der Waals surface area (Å²) < 4.78 is 9.19. The highest BCUT2D eigenvalue weighted by atomic mass is 16.8. The zero-order valence-corrected chi connectivity index (χ0v) is 8.85. The Morgan fingerprint density at radius 1 is 1.25 bits per heavy atom. The molecule has 0 aliphatic carbocycles. The summed E-state index contributed by atoms with van der Waals surface area (Å²) >= 11 is 0. The average molecular weight is 224 g/mol. The van der Waals surface area contributed by atoms with Crippen molar-refractivity contribution in [2.75, 3.05) is 0 Å². The second-order valence-electron chi connectivity index (χ2n) is 2.97. The molecule has 84 valence electrons. The van der Waals surface area contributed by atoms with Gasteiger partial charge in [0.1, 0.15) is 11.3 Å². The zero-order chi connectivity index (χ0) is 12.1. The van der Waals surface area contributed by atoms with Crippen LogP contribution in [0.3, 0.4) is 0 Å². The number of ether oxygens (including phenoxy) is 2. The van der Waals surface area contributed by atoms with Crippen LogP contribution in [0.15, 0.2) is 24.3 Å². The van der Waals surface area contributed by atoms with Gasteiger partial charge < -0.3 is 9.47 Å². The van der Waals surface area contributed by atoms with Crippen LogP contribution < -0.4 is 4.74 Å². The molecule has 0 aromatic heterocycles. The fourth-order valence-corrected chi connectivity index (χ4v) is 1.06. The molecule has 0 aliphatic rings. The second kappa shape index (κ2) is 5.06. The molecule has 0 aliphatic heterocycles. The predicted molar refractivity (Wildman–Crippen MR) is 53.8 cm³/mol. The van der Waals surface area contributed by atoms with Gasteiger partial charge in [0.05, 0.1) is 0 Å². The maximum atomic E-state index is 11.4. The van der Waals surface area contributed by atoms with Gasteiger partial charge in [0, 0.05) is 13.8 Å². The Kier molecular flexibility index (Phi) is 3.77. The van der Waals surface area contributed by atoms with Gasteiger partial charge in [-0.3, -0.25) is 9.59 Å². The third kappa shape index (κ3) is 3.20. The molecule has 5 nitrogen and oxygen atoms in total. The van der Waals surface area contributed by atoms with E-state index in [0.717, 1.165) is 6.92 Å². The van der Waals surface area contributed by atoms with Crippen molar-refractivity contribution in [3.8, 4) is 5.75 Å². The Morgan fingerprint density at radius 2 is 1.88 bits per heavy atom. The molecule has 0 saturated heterocycles. The van der Waals surface area contributed by atoms with Crippen molar-refractivity contribution in [2.24, 2.45) is 0 Å². The van der Waals surface area contributed by atoms with E-state index in [-0.39, 0.29) is 11.3 Å². The Hall–Kier alpha value is -2.17. The molecule has 1 aromatic rings. The monoisotopic (exact) mass is 224 g/mol. The molecule has 1 aromatic carbocycles.